The fourth-order valence-corrected chi connectivity index (χ4v) is 5.03. The summed E-state index contributed by atoms with van der Waals surface area (Å²) in [6.07, 6.45) is 1.90. The van der Waals surface area contributed by atoms with Crippen LogP contribution in [0.25, 0.3) is 0 Å². The van der Waals surface area contributed by atoms with Crippen LogP contribution >= 0.6 is 0 Å². The average Bonchev–Trinajstić information content (AvgIpc) is 3.05. The van der Waals surface area contributed by atoms with Gasteiger partial charge in [0, 0.05) is 25.2 Å². The largest absolute Gasteiger partial charge is 0.441 e. The van der Waals surface area contributed by atoms with Crippen molar-refractivity contribution < 1.29 is 14.3 Å². The number of anilines is 1. The summed E-state index contributed by atoms with van der Waals surface area (Å²) in [6.45, 7) is 1.77. The Morgan fingerprint density at radius 2 is 1.36 bits per heavy atom. The third-order valence-electron chi connectivity index (χ3n) is 6.76. The van der Waals surface area contributed by atoms with Gasteiger partial charge >= 0.3 is 6.09 Å². The minimum absolute atomic E-state index is 0.105. The lowest BCUT2D eigenvalue weighted by molar-refractivity contribution is -0.131. The zero-order chi connectivity index (χ0) is 22.7. The fraction of sp³-hybridized carbons (Fsp3) is 0.286. The van der Waals surface area contributed by atoms with Crippen molar-refractivity contribution in [2.75, 3.05) is 24.5 Å². The first kappa shape index (κ1) is 21.3. The normalized spacial score (nSPS) is 20.7. The first-order valence-corrected chi connectivity index (χ1v) is 11.6. The third kappa shape index (κ3) is 4.36. The molecule has 168 valence electrons. The lowest BCUT2D eigenvalue weighted by Gasteiger charge is -2.28. The van der Waals surface area contributed by atoms with Crippen molar-refractivity contribution in [3.63, 3.8) is 0 Å². The van der Waals surface area contributed by atoms with Crippen LogP contribution in [0.4, 0.5) is 10.5 Å². The molecule has 2 heterocycles. The van der Waals surface area contributed by atoms with Crippen LogP contribution in [0, 0.1) is 0 Å². The third-order valence-corrected chi connectivity index (χ3v) is 6.76. The van der Waals surface area contributed by atoms with Gasteiger partial charge in [0.1, 0.15) is 5.60 Å². The topological polar surface area (TPSA) is 49.9 Å². The van der Waals surface area contributed by atoms with Crippen molar-refractivity contribution in [1.82, 2.24) is 4.90 Å². The van der Waals surface area contributed by atoms with Crippen LogP contribution in [0.3, 0.4) is 0 Å². The zero-order valence-corrected chi connectivity index (χ0v) is 18.6. The second-order valence-electron chi connectivity index (χ2n) is 8.91. The Kier molecular flexibility index (Phi) is 5.86. The molecule has 5 nitrogen and oxygen atoms in total. The van der Waals surface area contributed by atoms with E-state index in [0.717, 1.165) is 29.7 Å². The number of nitrogens with zero attached hydrogens (tertiary/aromatic N) is 2. The Bertz CT molecular complexity index is 1060. The summed E-state index contributed by atoms with van der Waals surface area (Å²) in [4.78, 5) is 30.2. The molecule has 33 heavy (non-hydrogen) atoms. The van der Waals surface area contributed by atoms with Gasteiger partial charge in [0.05, 0.1) is 12.5 Å². The fourth-order valence-electron chi connectivity index (χ4n) is 5.03. The molecule has 0 N–H and O–H groups in total. The second kappa shape index (κ2) is 9.10. The van der Waals surface area contributed by atoms with Crippen molar-refractivity contribution in [3.8, 4) is 0 Å². The first-order chi connectivity index (χ1) is 16.2. The SMILES string of the molecule is O=C(C(c1ccccc1)c1ccccc1)N1CCC[C@]2(CC1)CN(c1ccccc1)C(=O)O2. The van der Waals surface area contributed by atoms with Gasteiger partial charge in [-0.05, 0) is 36.1 Å². The van der Waals surface area contributed by atoms with Crippen molar-refractivity contribution in [3.05, 3.63) is 102 Å². The van der Waals surface area contributed by atoms with Gasteiger partial charge in [-0.15, -0.1) is 0 Å². The summed E-state index contributed by atoms with van der Waals surface area (Å²) < 4.78 is 5.94. The van der Waals surface area contributed by atoms with E-state index in [1.54, 1.807) is 4.90 Å². The molecule has 2 fully saturated rings. The number of amides is 2. The van der Waals surface area contributed by atoms with E-state index >= 15 is 0 Å². The number of likely N-dealkylation sites (tertiary alicyclic amines) is 1. The number of benzene rings is 3. The standard InChI is InChI=1S/C28H28N2O3/c31-26(25(22-11-4-1-5-12-22)23-13-6-2-7-14-23)29-19-10-17-28(18-20-29)21-30(27(32)33-28)24-15-8-3-9-16-24/h1-9,11-16,25H,10,17-21H2/t28-/m0/s1. The Labute approximate surface area is 194 Å². The van der Waals surface area contributed by atoms with Crippen LogP contribution < -0.4 is 4.90 Å². The molecule has 0 saturated carbocycles. The quantitative estimate of drug-likeness (QED) is 0.558. The molecule has 5 rings (SSSR count). The minimum atomic E-state index is -0.545. The molecule has 2 aliphatic rings. The molecule has 1 atom stereocenters. The molecule has 5 heteroatoms. The summed E-state index contributed by atoms with van der Waals surface area (Å²) in [5, 5.41) is 0. The molecular formula is C28H28N2O3. The summed E-state index contributed by atoms with van der Waals surface area (Å²) >= 11 is 0. The van der Waals surface area contributed by atoms with Gasteiger partial charge in [0.15, 0.2) is 0 Å². The molecule has 2 aliphatic heterocycles. The minimum Gasteiger partial charge on any atom is -0.441 e. The van der Waals surface area contributed by atoms with Gasteiger partial charge in [-0.2, -0.15) is 0 Å². The van der Waals surface area contributed by atoms with Crippen LogP contribution in [-0.4, -0.2) is 42.1 Å². The van der Waals surface area contributed by atoms with Crippen LogP contribution in [0.5, 0.6) is 0 Å². The highest BCUT2D eigenvalue weighted by atomic mass is 16.6. The number of para-hydroxylation sites is 1. The summed E-state index contributed by atoms with van der Waals surface area (Å²) in [7, 11) is 0. The van der Waals surface area contributed by atoms with E-state index < -0.39 is 5.60 Å². The maximum absolute atomic E-state index is 13.8. The zero-order valence-electron chi connectivity index (χ0n) is 18.6. The maximum atomic E-state index is 13.8. The molecule has 0 unspecified atom stereocenters. The van der Waals surface area contributed by atoms with Gasteiger partial charge in [-0.3, -0.25) is 9.69 Å². The number of carbonyl (C=O) groups excluding carboxylic acids is 2. The molecular weight excluding hydrogens is 412 g/mol. The molecule has 2 amide bonds. The highest BCUT2D eigenvalue weighted by Crippen LogP contribution is 2.37. The van der Waals surface area contributed by atoms with E-state index in [1.165, 1.54) is 0 Å². The Hall–Kier alpha value is -3.60. The first-order valence-electron chi connectivity index (χ1n) is 11.6. The molecule has 3 aromatic rings. The Morgan fingerprint density at radius 3 is 1.97 bits per heavy atom. The summed E-state index contributed by atoms with van der Waals surface area (Å²) in [5.74, 6) is -0.234. The van der Waals surface area contributed by atoms with Crippen LogP contribution in [-0.2, 0) is 9.53 Å². The van der Waals surface area contributed by atoms with Crippen molar-refractivity contribution in [1.29, 1.82) is 0 Å². The summed E-state index contributed by atoms with van der Waals surface area (Å²) in [5.41, 5.74) is 2.30. The highest BCUT2D eigenvalue weighted by molar-refractivity contribution is 5.90. The molecule has 2 saturated heterocycles. The van der Waals surface area contributed by atoms with E-state index in [1.807, 2.05) is 95.9 Å². The van der Waals surface area contributed by atoms with Crippen molar-refractivity contribution >= 4 is 17.7 Å². The predicted octanol–water partition coefficient (Wildman–Crippen LogP) is 5.23. The highest BCUT2D eigenvalue weighted by Gasteiger charge is 2.47. The van der Waals surface area contributed by atoms with Gasteiger partial charge in [-0.25, -0.2) is 4.79 Å². The van der Waals surface area contributed by atoms with Gasteiger partial charge in [-0.1, -0.05) is 78.9 Å². The number of carbonyl (C=O) groups is 2. The molecule has 0 radical (unpaired) electrons. The lowest BCUT2D eigenvalue weighted by Crippen LogP contribution is -2.39. The number of hydrogen-bond donors (Lipinski definition) is 0. The smallest absolute Gasteiger partial charge is 0.415 e. The summed E-state index contributed by atoms with van der Waals surface area (Å²) in [6, 6.07) is 29.6. The van der Waals surface area contributed by atoms with E-state index in [9.17, 15) is 9.59 Å². The second-order valence-corrected chi connectivity index (χ2v) is 8.91. The number of hydrogen-bond acceptors (Lipinski definition) is 3. The van der Waals surface area contributed by atoms with E-state index in [2.05, 4.69) is 0 Å². The van der Waals surface area contributed by atoms with E-state index in [4.69, 9.17) is 4.74 Å². The van der Waals surface area contributed by atoms with Crippen LogP contribution in [0.2, 0.25) is 0 Å². The van der Waals surface area contributed by atoms with Crippen molar-refractivity contribution in [2.45, 2.75) is 30.8 Å². The Morgan fingerprint density at radius 1 is 0.788 bits per heavy atom. The van der Waals surface area contributed by atoms with Crippen LogP contribution in [0.1, 0.15) is 36.3 Å². The van der Waals surface area contributed by atoms with Gasteiger partial charge in [0.2, 0.25) is 5.91 Å². The van der Waals surface area contributed by atoms with Gasteiger partial charge in [0.25, 0.3) is 0 Å². The van der Waals surface area contributed by atoms with Crippen LogP contribution in [0.15, 0.2) is 91.0 Å². The van der Waals surface area contributed by atoms with Gasteiger partial charge < -0.3 is 9.64 Å². The molecule has 0 aliphatic carbocycles. The van der Waals surface area contributed by atoms with E-state index in [0.29, 0.717) is 26.1 Å². The number of ether oxygens (including phenoxy) is 1. The molecule has 0 aromatic heterocycles. The lowest BCUT2D eigenvalue weighted by atomic mass is 9.90. The average molecular weight is 441 g/mol. The Balaban J connectivity index is 1.35. The molecule has 1 spiro atoms. The van der Waals surface area contributed by atoms with E-state index in [-0.39, 0.29) is 17.9 Å². The maximum Gasteiger partial charge on any atom is 0.415 e. The molecule has 0 bridgehead atoms. The van der Waals surface area contributed by atoms with Crippen molar-refractivity contribution in [2.24, 2.45) is 0 Å². The molecule has 3 aromatic carbocycles. The number of rotatable bonds is 4. The monoisotopic (exact) mass is 440 g/mol. The predicted molar refractivity (Wildman–Crippen MR) is 128 cm³/mol.